The molecule has 0 radical (unpaired) electrons. The minimum Gasteiger partial charge on any atom is -0.339 e. The molecule has 0 aliphatic carbocycles. The summed E-state index contributed by atoms with van der Waals surface area (Å²) in [5, 5.41) is 3.19. The van der Waals surface area contributed by atoms with Crippen LogP contribution < -0.4 is 0 Å². The number of rotatable bonds is 6. The molecule has 9 heteroatoms. The van der Waals surface area contributed by atoms with Crippen LogP contribution >= 0.6 is 23.1 Å². The number of thioether (sulfide) groups is 1. The molecule has 6 nitrogen and oxygen atoms in total. The molecule has 1 aromatic carbocycles. The van der Waals surface area contributed by atoms with E-state index in [0.717, 1.165) is 15.6 Å². The van der Waals surface area contributed by atoms with Crippen molar-refractivity contribution in [2.75, 3.05) is 31.9 Å². The van der Waals surface area contributed by atoms with Crippen LogP contribution in [-0.4, -0.2) is 60.4 Å². The van der Waals surface area contributed by atoms with Crippen LogP contribution in [0.2, 0.25) is 0 Å². The third-order valence-corrected chi connectivity index (χ3v) is 7.79. The number of aryl methyl sites for hydroxylation is 1. The molecule has 2 heterocycles. The number of amides is 1. The second-order valence-corrected chi connectivity index (χ2v) is 9.98. The zero-order valence-electron chi connectivity index (χ0n) is 14.9. The van der Waals surface area contributed by atoms with Crippen molar-refractivity contribution >= 4 is 45.1 Å². The highest BCUT2D eigenvalue weighted by Gasteiger charge is 2.27. The van der Waals surface area contributed by atoms with Crippen LogP contribution in [-0.2, 0) is 14.8 Å². The lowest BCUT2D eigenvalue weighted by Gasteiger charge is -2.33. The predicted octanol–water partition coefficient (Wildman–Crippen LogP) is 2.69. The quantitative estimate of drug-likeness (QED) is 0.668. The van der Waals surface area contributed by atoms with E-state index in [-0.39, 0.29) is 5.91 Å². The Bertz CT molecular complexity index is 902. The van der Waals surface area contributed by atoms with Gasteiger partial charge in [0.05, 0.1) is 5.75 Å². The molecule has 27 heavy (non-hydrogen) atoms. The molecule has 1 fully saturated rings. The first-order valence-electron chi connectivity index (χ1n) is 8.50. The number of carbonyl (C=O) groups is 1. The highest BCUT2D eigenvalue weighted by atomic mass is 32.2. The molecule has 0 saturated carbocycles. The Morgan fingerprint density at radius 1 is 1.22 bits per heavy atom. The van der Waals surface area contributed by atoms with Crippen LogP contribution in [0.25, 0.3) is 6.08 Å². The number of nitrogens with zero attached hydrogens (tertiary/aromatic N) is 3. The van der Waals surface area contributed by atoms with Gasteiger partial charge in [-0.25, -0.2) is 13.4 Å². The molecule has 1 aromatic heterocycles. The number of aromatic nitrogens is 1. The number of carbonyl (C=O) groups excluding carboxylic acids is 1. The maximum absolute atomic E-state index is 12.5. The van der Waals surface area contributed by atoms with Crippen LogP contribution in [0, 0.1) is 6.92 Å². The van der Waals surface area contributed by atoms with Gasteiger partial charge in [0.1, 0.15) is 0 Å². The molecule has 0 spiro atoms. The normalized spacial score (nSPS) is 16.1. The van der Waals surface area contributed by atoms with Crippen LogP contribution in [0.1, 0.15) is 11.3 Å². The number of thiazole rings is 1. The van der Waals surface area contributed by atoms with E-state index in [1.54, 1.807) is 11.0 Å². The molecule has 144 valence electrons. The van der Waals surface area contributed by atoms with Gasteiger partial charge in [0, 0.05) is 42.7 Å². The average molecular weight is 424 g/mol. The maximum atomic E-state index is 12.5. The van der Waals surface area contributed by atoms with Crippen LogP contribution in [0.3, 0.4) is 0 Å². The Hall–Kier alpha value is -1.68. The lowest BCUT2D eigenvalue weighted by molar-refractivity contribution is -0.129. The highest BCUT2D eigenvalue weighted by molar-refractivity contribution is 8.01. The molecule has 0 atom stereocenters. The van der Waals surface area contributed by atoms with Gasteiger partial charge in [-0.05, 0) is 18.6 Å². The Kier molecular flexibility index (Phi) is 6.69. The predicted molar refractivity (Wildman–Crippen MR) is 110 cm³/mol. The van der Waals surface area contributed by atoms with Crippen molar-refractivity contribution in [3.63, 3.8) is 0 Å². The molecular formula is C18H21N3O3S3. The van der Waals surface area contributed by atoms with Crippen LogP contribution in [0.15, 0.2) is 45.5 Å². The second-order valence-electron chi connectivity index (χ2n) is 6.08. The van der Waals surface area contributed by atoms with Crippen LogP contribution in [0.5, 0.6) is 0 Å². The third kappa shape index (κ3) is 5.65. The molecule has 1 aliphatic heterocycles. The SMILES string of the molecule is Cc1csc(SCC(=O)N2CCN(S(=O)(=O)C=Cc3ccccc3)CC2)n1. The number of hydrogen-bond acceptors (Lipinski definition) is 6. The molecule has 0 bridgehead atoms. The van der Waals surface area contributed by atoms with E-state index in [0.29, 0.717) is 31.9 Å². The lowest BCUT2D eigenvalue weighted by atomic mass is 10.2. The minimum absolute atomic E-state index is 0.0183. The largest absolute Gasteiger partial charge is 0.339 e. The van der Waals surface area contributed by atoms with E-state index < -0.39 is 10.0 Å². The molecule has 1 amide bonds. The monoisotopic (exact) mass is 423 g/mol. The van der Waals surface area contributed by atoms with Crippen molar-refractivity contribution in [3.8, 4) is 0 Å². The van der Waals surface area contributed by atoms with Gasteiger partial charge in [-0.15, -0.1) is 11.3 Å². The van der Waals surface area contributed by atoms with Gasteiger partial charge in [0.25, 0.3) is 0 Å². The fraction of sp³-hybridized carbons (Fsp3) is 0.333. The smallest absolute Gasteiger partial charge is 0.236 e. The number of piperazine rings is 1. The summed E-state index contributed by atoms with van der Waals surface area (Å²) in [6.07, 6.45) is 1.60. The number of sulfonamides is 1. The summed E-state index contributed by atoms with van der Waals surface area (Å²) in [5.41, 5.74) is 1.79. The van der Waals surface area contributed by atoms with Crippen molar-refractivity contribution in [1.82, 2.24) is 14.2 Å². The van der Waals surface area contributed by atoms with Gasteiger partial charge in [0.15, 0.2) is 4.34 Å². The molecule has 1 saturated heterocycles. The lowest BCUT2D eigenvalue weighted by Crippen LogP contribution is -2.50. The maximum Gasteiger partial charge on any atom is 0.236 e. The summed E-state index contributed by atoms with van der Waals surface area (Å²) in [7, 11) is -3.48. The molecule has 3 rings (SSSR count). The Morgan fingerprint density at radius 2 is 1.93 bits per heavy atom. The van der Waals surface area contributed by atoms with Crippen LogP contribution in [0.4, 0.5) is 0 Å². The van der Waals surface area contributed by atoms with Crippen molar-refractivity contribution in [1.29, 1.82) is 0 Å². The van der Waals surface area contributed by atoms with Gasteiger partial charge in [-0.3, -0.25) is 4.79 Å². The van der Waals surface area contributed by atoms with Gasteiger partial charge in [0.2, 0.25) is 15.9 Å². The first-order chi connectivity index (χ1) is 12.9. The first kappa shape index (κ1) is 20.1. The Balaban J connectivity index is 1.50. The Morgan fingerprint density at radius 3 is 2.56 bits per heavy atom. The molecular weight excluding hydrogens is 402 g/mol. The van der Waals surface area contributed by atoms with E-state index in [4.69, 9.17) is 0 Å². The third-order valence-electron chi connectivity index (χ3n) is 4.10. The molecule has 1 aliphatic rings. The van der Waals surface area contributed by atoms with E-state index in [2.05, 4.69) is 4.98 Å². The van der Waals surface area contributed by atoms with Gasteiger partial charge >= 0.3 is 0 Å². The molecule has 2 aromatic rings. The number of hydrogen-bond donors (Lipinski definition) is 0. The van der Waals surface area contributed by atoms with Gasteiger partial charge in [-0.2, -0.15) is 4.31 Å². The Labute approximate surface area is 168 Å². The summed E-state index contributed by atoms with van der Waals surface area (Å²) in [5.74, 6) is 0.345. The molecule has 0 N–H and O–H groups in total. The van der Waals surface area contributed by atoms with Crippen molar-refractivity contribution in [3.05, 3.63) is 52.4 Å². The summed E-state index contributed by atoms with van der Waals surface area (Å²) in [6, 6.07) is 9.31. The first-order valence-corrected chi connectivity index (χ1v) is 11.9. The van der Waals surface area contributed by atoms with E-state index in [1.165, 1.54) is 32.8 Å². The highest BCUT2D eigenvalue weighted by Crippen LogP contribution is 2.23. The van der Waals surface area contributed by atoms with Gasteiger partial charge in [-0.1, -0.05) is 42.1 Å². The average Bonchev–Trinajstić information content (AvgIpc) is 3.11. The summed E-state index contributed by atoms with van der Waals surface area (Å²) in [6.45, 7) is 3.38. The second kappa shape index (κ2) is 9.01. The zero-order valence-corrected chi connectivity index (χ0v) is 17.4. The van der Waals surface area contributed by atoms with E-state index in [1.807, 2.05) is 42.6 Å². The van der Waals surface area contributed by atoms with Crippen molar-refractivity contribution in [2.45, 2.75) is 11.3 Å². The number of benzene rings is 1. The van der Waals surface area contributed by atoms with E-state index in [9.17, 15) is 13.2 Å². The fourth-order valence-electron chi connectivity index (χ4n) is 2.62. The fourth-order valence-corrected chi connectivity index (χ4v) is 5.55. The summed E-state index contributed by atoms with van der Waals surface area (Å²) < 4.78 is 27.3. The van der Waals surface area contributed by atoms with Crippen molar-refractivity contribution < 1.29 is 13.2 Å². The summed E-state index contributed by atoms with van der Waals surface area (Å²) >= 11 is 2.96. The van der Waals surface area contributed by atoms with E-state index >= 15 is 0 Å². The standard InChI is InChI=1S/C18H21N3O3S3/c1-15-13-25-18(19-15)26-14-17(22)20-8-10-21(11-9-20)27(23,24)12-7-16-5-3-2-4-6-16/h2-7,12-13H,8-11,14H2,1H3. The molecule has 0 unspecified atom stereocenters. The minimum atomic E-state index is -3.48. The summed E-state index contributed by atoms with van der Waals surface area (Å²) in [4.78, 5) is 18.4. The van der Waals surface area contributed by atoms with Crippen molar-refractivity contribution in [2.24, 2.45) is 0 Å². The zero-order chi connectivity index (χ0) is 19.3. The van der Waals surface area contributed by atoms with Gasteiger partial charge < -0.3 is 4.90 Å². The topological polar surface area (TPSA) is 70.6 Å².